The van der Waals surface area contributed by atoms with Crippen LogP contribution < -0.4 is 4.74 Å². The van der Waals surface area contributed by atoms with Crippen molar-refractivity contribution in [3.63, 3.8) is 0 Å². The third-order valence-corrected chi connectivity index (χ3v) is 2.44. The van der Waals surface area contributed by atoms with Gasteiger partial charge in [0.2, 0.25) is 0 Å². The van der Waals surface area contributed by atoms with Gasteiger partial charge in [0.15, 0.2) is 0 Å². The normalized spacial score (nSPS) is 10.3. The Kier molecular flexibility index (Phi) is 3.55. The topological polar surface area (TPSA) is 52.4 Å². The molecule has 0 aliphatic rings. The summed E-state index contributed by atoms with van der Waals surface area (Å²) in [5.74, 6) is -0.185. The van der Waals surface area contributed by atoms with Crippen molar-refractivity contribution in [2.45, 2.75) is 6.61 Å². The van der Waals surface area contributed by atoms with E-state index in [-0.39, 0.29) is 15.0 Å². The lowest BCUT2D eigenvalue weighted by atomic mass is 10.3. The Labute approximate surface area is 91.2 Å². The molecule has 0 bridgehead atoms. The van der Waals surface area contributed by atoms with Gasteiger partial charge in [-0.2, -0.15) is 8.78 Å². The van der Waals surface area contributed by atoms with Crippen LogP contribution >= 0.6 is 22.6 Å². The molecular weight excluding hydrogens is 311 g/mol. The molecule has 0 N–H and O–H groups in total. The monoisotopic (exact) mass is 315 g/mol. The van der Waals surface area contributed by atoms with Crippen LogP contribution in [0.2, 0.25) is 0 Å². The number of rotatable bonds is 3. The molecule has 0 amide bonds. The van der Waals surface area contributed by atoms with Crippen molar-refractivity contribution in [2.75, 3.05) is 0 Å². The molecule has 0 unspecified atom stereocenters. The summed E-state index contributed by atoms with van der Waals surface area (Å²) in [5, 5.41) is 10.4. The van der Waals surface area contributed by atoms with Gasteiger partial charge in [-0.05, 0) is 28.7 Å². The smallest absolute Gasteiger partial charge is 0.387 e. The largest absolute Gasteiger partial charge is 0.433 e. The maximum Gasteiger partial charge on any atom is 0.387 e. The number of hydrogen-bond acceptors (Lipinski definition) is 3. The highest BCUT2D eigenvalue weighted by atomic mass is 127. The number of nitrogens with zero attached hydrogens (tertiary/aromatic N) is 1. The van der Waals surface area contributed by atoms with Gasteiger partial charge in [0.05, 0.1) is 4.92 Å². The highest BCUT2D eigenvalue weighted by molar-refractivity contribution is 14.1. The molecule has 0 radical (unpaired) electrons. The van der Waals surface area contributed by atoms with Gasteiger partial charge in [0.1, 0.15) is 9.32 Å². The zero-order valence-corrected chi connectivity index (χ0v) is 8.77. The molecule has 1 aromatic rings. The summed E-state index contributed by atoms with van der Waals surface area (Å²) in [6.45, 7) is -2.98. The minimum Gasteiger partial charge on any atom is -0.433 e. The summed E-state index contributed by atoms with van der Waals surface area (Å²) >= 11 is 1.59. The second-order valence-electron chi connectivity index (χ2n) is 2.22. The zero-order chi connectivity index (χ0) is 10.7. The Bertz CT molecular complexity index is 359. The van der Waals surface area contributed by atoms with Crippen LogP contribution in [0.25, 0.3) is 0 Å². The fourth-order valence-electron chi connectivity index (χ4n) is 0.827. The molecule has 7 heteroatoms. The number of ether oxygens (including phenoxy) is 1. The van der Waals surface area contributed by atoms with Crippen LogP contribution in [0.5, 0.6) is 5.75 Å². The summed E-state index contributed by atoms with van der Waals surface area (Å²) in [4.78, 5) is 9.76. The first-order valence-electron chi connectivity index (χ1n) is 3.40. The van der Waals surface area contributed by atoms with Crippen molar-refractivity contribution < 1.29 is 18.4 Å². The lowest BCUT2D eigenvalue weighted by molar-refractivity contribution is -0.385. The van der Waals surface area contributed by atoms with E-state index in [9.17, 15) is 18.9 Å². The first-order valence-corrected chi connectivity index (χ1v) is 4.48. The van der Waals surface area contributed by atoms with E-state index in [0.717, 1.165) is 0 Å². The highest BCUT2D eigenvalue weighted by Crippen LogP contribution is 2.30. The second kappa shape index (κ2) is 4.49. The van der Waals surface area contributed by atoms with Gasteiger partial charge < -0.3 is 4.74 Å². The molecule has 0 aliphatic carbocycles. The maximum absolute atomic E-state index is 11.8. The Hall–Kier alpha value is -0.990. The number of nitro benzene ring substituents is 1. The van der Waals surface area contributed by atoms with Gasteiger partial charge >= 0.3 is 6.61 Å². The van der Waals surface area contributed by atoms with E-state index in [0.29, 0.717) is 0 Å². The average Bonchev–Trinajstić information content (AvgIpc) is 2.07. The van der Waals surface area contributed by atoms with Gasteiger partial charge in [-0.25, -0.2) is 0 Å². The molecular formula is C7H4F2INO3. The van der Waals surface area contributed by atoms with Crippen molar-refractivity contribution in [1.82, 2.24) is 0 Å². The molecule has 0 atom stereocenters. The molecule has 4 nitrogen and oxygen atoms in total. The van der Waals surface area contributed by atoms with Gasteiger partial charge in [0.25, 0.3) is 5.69 Å². The summed E-state index contributed by atoms with van der Waals surface area (Å²) in [5.41, 5.74) is -0.247. The van der Waals surface area contributed by atoms with E-state index in [1.54, 1.807) is 22.6 Å². The molecule has 0 saturated heterocycles. The van der Waals surface area contributed by atoms with Gasteiger partial charge in [-0.15, -0.1) is 0 Å². The average molecular weight is 315 g/mol. The summed E-state index contributed by atoms with van der Waals surface area (Å²) < 4.78 is 27.8. The molecule has 1 aromatic carbocycles. The minimum atomic E-state index is -2.98. The predicted octanol–water partition coefficient (Wildman–Crippen LogP) is 2.80. The van der Waals surface area contributed by atoms with Crippen molar-refractivity contribution in [2.24, 2.45) is 0 Å². The molecule has 1 rings (SSSR count). The molecule has 0 heterocycles. The number of benzene rings is 1. The zero-order valence-electron chi connectivity index (χ0n) is 6.62. The highest BCUT2D eigenvalue weighted by Gasteiger charge is 2.17. The Balaban J connectivity index is 3.07. The first-order chi connectivity index (χ1) is 6.52. The van der Waals surface area contributed by atoms with Crippen LogP contribution in [0.1, 0.15) is 0 Å². The Morgan fingerprint density at radius 3 is 2.64 bits per heavy atom. The van der Waals surface area contributed by atoms with E-state index in [4.69, 9.17) is 0 Å². The number of hydrogen-bond donors (Lipinski definition) is 0. The van der Waals surface area contributed by atoms with Crippen LogP contribution in [-0.2, 0) is 0 Å². The van der Waals surface area contributed by atoms with Crippen molar-refractivity contribution in [3.05, 3.63) is 31.9 Å². The molecule has 0 saturated carbocycles. The fourth-order valence-corrected chi connectivity index (χ4v) is 1.51. The Morgan fingerprint density at radius 2 is 2.14 bits per heavy atom. The molecule has 14 heavy (non-hydrogen) atoms. The van der Waals surface area contributed by atoms with Crippen LogP contribution in [0.3, 0.4) is 0 Å². The number of halogens is 3. The second-order valence-corrected chi connectivity index (χ2v) is 3.30. The quantitative estimate of drug-likeness (QED) is 0.490. The van der Waals surface area contributed by atoms with Crippen LogP contribution in [0.4, 0.5) is 14.5 Å². The lowest BCUT2D eigenvalue weighted by Crippen LogP contribution is -2.04. The molecule has 0 fully saturated rings. The van der Waals surface area contributed by atoms with E-state index in [1.807, 2.05) is 0 Å². The SMILES string of the molecule is O=[N+]([O-])c1cccc(OC(F)F)c1I. The van der Waals surface area contributed by atoms with Gasteiger partial charge in [-0.3, -0.25) is 10.1 Å². The van der Waals surface area contributed by atoms with Crippen molar-refractivity contribution in [3.8, 4) is 5.75 Å². The van der Waals surface area contributed by atoms with E-state index in [2.05, 4.69) is 4.74 Å². The van der Waals surface area contributed by atoms with Gasteiger partial charge in [0, 0.05) is 6.07 Å². The van der Waals surface area contributed by atoms with E-state index < -0.39 is 11.5 Å². The van der Waals surface area contributed by atoms with Crippen LogP contribution in [0.15, 0.2) is 18.2 Å². The predicted molar refractivity (Wildman–Crippen MR) is 52.4 cm³/mol. The number of nitro groups is 1. The standard InChI is InChI=1S/C7H4F2INO3/c8-7(9)14-5-3-1-2-4(6(5)10)11(12)13/h1-3,7H. The van der Waals surface area contributed by atoms with Crippen molar-refractivity contribution >= 4 is 28.3 Å². The lowest BCUT2D eigenvalue weighted by Gasteiger charge is -2.05. The summed E-state index contributed by atoms with van der Waals surface area (Å²) in [6.07, 6.45) is 0. The first kappa shape index (κ1) is 11.1. The van der Waals surface area contributed by atoms with Gasteiger partial charge in [-0.1, -0.05) is 6.07 Å². The Morgan fingerprint density at radius 1 is 1.50 bits per heavy atom. The minimum absolute atomic E-state index is 0.0652. The molecule has 0 spiro atoms. The van der Waals surface area contributed by atoms with Crippen molar-refractivity contribution in [1.29, 1.82) is 0 Å². The molecule has 0 aromatic heterocycles. The summed E-state index contributed by atoms with van der Waals surface area (Å²) in [6, 6.07) is 3.76. The maximum atomic E-state index is 11.8. The third-order valence-electron chi connectivity index (χ3n) is 1.36. The van der Waals surface area contributed by atoms with Crippen LogP contribution in [-0.4, -0.2) is 11.5 Å². The molecule has 76 valence electrons. The van der Waals surface area contributed by atoms with Crippen LogP contribution in [0, 0.1) is 13.7 Å². The fraction of sp³-hybridized carbons (Fsp3) is 0.143. The van der Waals surface area contributed by atoms with E-state index in [1.165, 1.54) is 18.2 Å². The third kappa shape index (κ3) is 2.50. The molecule has 0 aliphatic heterocycles. The van der Waals surface area contributed by atoms with E-state index >= 15 is 0 Å². The number of alkyl halides is 2. The summed E-state index contributed by atoms with van der Waals surface area (Å²) in [7, 11) is 0.